The standard InChI is InChI=1S/C27H29NO4/c29-22-14-12-18(13-15-22)24-23(26(31)27(32)28(24)21-8-2-1-3-9-21)25(30)20-11-10-17-6-4-5-7-19(17)16-20/h10-16,21,24,29-30H,1-9H2/b25-23-. The molecule has 0 spiro atoms. The third-order valence-electron chi connectivity index (χ3n) is 7.28. The van der Waals surface area contributed by atoms with Gasteiger partial charge in [0.15, 0.2) is 0 Å². The minimum Gasteiger partial charge on any atom is -0.508 e. The minimum atomic E-state index is -0.644. The average Bonchev–Trinajstić information content (AvgIpc) is 3.09. The van der Waals surface area contributed by atoms with Gasteiger partial charge in [-0.05, 0) is 73.4 Å². The molecule has 5 heteroatoms. The normalized spacial score (nSPS) is 23.4. The maximum absolute atomic E-state index is 13.3. The van der Waals surface area contributed by atoms with Gasteiger partial charge in [-0.1, -0.05) is 43.5 Å². The van der Waals surface area contributed by atoms with Gasteiger partial charge in [-0.3, -0.25) is 9.59 Å². The van der Waals surface area contributed by atoms with E-state index in [1.54, 1.807) is 29.2 Å². The molecule has 1 saturated heterocycles. The quantitative estimate of drug-likeness (QED) is 0.406. The molecule has 2 aromatic rings. The van der Waals surface area contributed by atoms with E-state index >= 15 is 0 Å². The number of hydrogen-bond acceptors (Lipinski definition) is 4. The van der Waals surface area contributed by atoms with Crippen LogP contribution in [-0.4, -0.2) is 32.8 Å². The molecule has 1 aliphatic heterocycles. The van der Waals surface area contributed by atoms with E-state index in [9.17, 15) is 19.8 Å². The van der Waals surface area contributed by atoms with Crippen LogP contribution in [0, 0.1) is 0 Å². The lowest BCUT2D eigenvalue weighted by molar-refractivity contribution is -0.141. The van der Waals surface area contributed by atoms with Gasteiger partial charge in [-0.2, -0.15) is 0 Å². The summed E-state index contributed by atoms with van der Waals surface area (Å²) in [5.74, 6) is -1.13. The van der Waals surface area contributed by atoms with Gasteiger partial charge in [-0.25, -0.2) is 0 Å². The molecular weight excluding hydrogens is 402 g/mol. The van der Waals surface area contributed by atoms with Gasteiger partial charge in [0.2, 0.25) is 0 Å². The van der Waals surface area contributed by atoms with Crippen LogP contribution in [0.5, 0.6) is 5.75 Å². The molecule has 1 saturated carbocycles. The number of Topliss-reactive ketones (excluding diaryl/α,β-unsaturated/α-hetero) is 1. The first-order valence-corrected chi connectivity index (χ1v) is 11.8. The molecule has 166 valence electrons. The Morgan fingerprint density at radius 1 is 0.844 bits per heavy atom. The van der Waals surface area contributed by atoms with Crippen molar-refractivity contribution in [1.82, 2.24) is 4.90 Å². The van der Waals surface area contributed by atoms with E-state index in [1.807, 2.05) is 18.2 Å². The number of carbonyl (C=O) groups excluding carboxylic acids is 2. The molecule has 1 atom stereocenters. The van der Waals surface area contributed by atoms with Crippen LogP contribution in [0.2, 0.25) is 0 Å². The van der Waals surface area contributed by atoms with Gasteiger partial charge in [0.25, 0.3) is 11.7 Å². The fourth-order valence-electron chi connectivity index (χ4n) is 5.61. The fraction of sp³-hybridized carbons (Fsp3) is 0.407. The van der Waals surface area contributed by atoms with E-state index < -0.39 is 17.7 Å². The molecule has 0 aromatic heterocycles. The van der Waals surface area contributed by atoms with Crippen molar-refractivity contribution in [3.63, 3.8) is 0 Å². The van der Waals surface area contributed by atoms with Crippen molar-refractivity contribution in [2.45, 2.75) is 69.9 Å². The van der Waals surface area contributed by atoms with E-state index in [2.05, 4.69) is 0 Å². The fourth-order valence-corrected chi connectivity index (χ4v) is 5.61. The highest BCUT2D eigenvalue weighted by molar-refractivity contribution is 6.46. The largest absolute Gasteiger partial charge is 0.508 e. The summed E-state index contributed by atoms with van der Waals surface area (Å²) in [6.45, 7) is 0. The molecule has 2 aromatic carbocycles. The summed E-state index contributed by atoms with van der Waals surface area (Å²) in [6, 6.07) is 11.8. The summed E-state index contributed by atoms with van der Waals surface area (Å²) in [5, 5.41) is 21.1. The number of amides is 1. The number of phenolic OH excluding ortho intramolecular Hbond substituents is 1. The lowest BCUT2D eigenvalue weighted by Crippen LogP contribution is -2.40. The van der Waals surface area contributed by atoms with Crippen molar-refractivity contribution >= 4 is 17.4 Å². The van der Waals surface area contributed by atoms with Crippen LogP contribution in [0.1, 0.15) is 73.2 Å². The SMILES string of the molecule is O=C1C(=O)N(C2CCCCC2)C(c2ccc(O)cc2)/C1=C(/O)c1ccc2c(c1)CCCC2. The number of carbonyl (C=O) groups is 2. The van der Waals surface area contributed by atoms with Crippen molar-refractivity contribution in [3.05, 3.63) is 70.3 Å². The molecule has 0 radical (unpaired) electrons. The molecule has 32 heavy (non-hydrogen) atoms. The van der Waals surface area contributed by atoms with Crippen molar-refractivity contribution in [3.8, 4) is 5.75 Å². The summed E-state index contributed by atoms with van der Waals surface area (Å²) in [6.07, 6.45) is 9.22. The highest BCUT2D eigenvalue weighted by Gasteiger charge is 2.48. The van der Waals surface area contributed by atoms with Gasteiger partial charge >= 0.3 is 0 Å². The number of aryl methyl sites for hydroxylation is 2. The summed E-state index contributed by atoms with van der Waals surface area (Å²) in [4.78, 5) is 28.2. The molecular formula is C27H29NO4. The Morgan fingerprint density at radius 3 is 2.25 bits per heavy atom. The van der Waals surface area contributed by atoms with E-state index in [-0.39, 0.29) is 23.1 Å². The molecule has 2 fully saturated rings. The van der Waals surface area contributed by atoms with Gasteiger partial charge in [-0.15, -0.1) is 0 Å². The zero-order valence-electron chi connectivity index (χ0n) is 18.2. The monoisotopic (exact) mass is 431 g/mol. The Hall–Kier alpha value is -3.08. The molecule has 5 nitrogen and oxygen atoms in total. The number of nitrogens with zero attached hydrogens (tertiary/aromatic N) is 1. The molecule has 1 amide bonds. The van der Waals surface area contributed by atoms with Crippen LogP contribution in [-0.2, 0) is 22.4 Å². The van der Waals surface area contributed by atoms with Crippen molar-refractivity contribution in [2.75, 3.05) is 0 Å². The first-order chi connectivity index (χ1) is 15.5. The Labute approximate surface area is 188 Å². The van der Waals surface area contributed by atoms with Crippen molar-refractivity contribution < 1.29 is 19.8 Å². The Bertz CT molecular complexity index is 1080. The summed E-state index contributed by atoms with van der Waals surface area (Å²) in [5.41, 5.74) is 3.98. The molecule has 2 aliphatic carbocycles. The molecule has 2 N–H and O–H groups in total. The maximum atomic E-state index is 13.3. The zero-order valence-corrected chi connectivity index (χ0v) is 18.2. The number of rotatable bonds is 3. The lowest BCUT2D eigenvalue weighted by Gasteiger charge is -2.35. The third kappa shape index (κ3) is 3.60. The second-order valence-electron chi connectivity index (χ2n) is 9.28. The van der Waals surface area contributed by atoms with Gasteiger partial charge in [0.1, 0.15) is 11.5 Å². The highest BCUT2D eigenvalue weighted by Crippen LogP contribution is 2.43. The number of aliphatic hydroxyl groups excluding tert-OH is 1. The Morgan fingerprint density at radius 2 is 1.53 bits per heavy atom. The van der Waals surface area contributed by atoms with E-state index in [4.69, 9.17) is 0 Å². The molecule has 0 bridgehead atoms. The Kier molecular flexibility index (Phi) is 5.50. The molecule has 1 heterocycles. The highest BCUT2D eigenvalue weighted by atomic mass is 16.3. The van der Waals surface area contributed by atoms with Crippen molar-refractivity contribution in [2.24, 2.45) is 0 Å². The molecule has 3 aliphatic rings. The first-order valence-electron chi connectivity index (χ1n) is 11.8. The van der Waals surface area contributed by atoms with E-state index in [0.717, 1.165) is 56.9 Å². The zero-order chi connectivity index (χ0) is 22.2. The van der Waals surface area contributed by atoms with Gasteiger partial charge in [0.05, 0.1) is 11.6 Å². The van der Waals surface area contributed by atoms with Gasteiger partial charge < -0.3 is 15.1 Å². The van der Waals surface area contributed by atoms with E-state index in [1.165, 1.54) is 17.5 Å². The van der Waals surface area contributed by atoms with Crippen LogP contribution in [0.3, 0.4) is 0 Å². The minimum absolute atomic E-state index is 0.0205. The van der Waals surface area contributed by atoms with Crippen molar-refractivity contribution in [1.29, 1.82) is 0 Å². The maximum Gasteiger partial charge on any atom is 0.295 e. The number of aromatic hydroxyl groups is 1. The average molecular weight is 432 g/mol. The smallest absolute Gasteiger partial charge is 0.295 e. The van der Waals surface area contributed by atoms with E-state index in [0.29, 0.717) is 5.56 Å². The summed E-state index contributed by atoms with van der Waals surface area (Å²) < 4.78 is 0. The van der Waals surface area contributed by atoms with Crippen LogP contribution in [0.15, 0.2) is 48.0 Å². The summed E-state index contributed by atoms with van der Waals surface area (Å²) >= 11 is 0. The predicted octanol–water partition coefficient (Wildman–Crippen LogP) is 5.03. The molecule has 5 rings (SSSR count). The number of aliphatic hydroxyl groups is 1. The third-order valence-corrected chi connectivity index (χ3v) is 7.28. The topological polar surface area (TPSA) is 77.8 Å². The second kappa shape index (κ2) is 8.45. The number of phenols is 1. The van der Waals surface area contributed by atoms with Crippen LogP contribution >= 0.6 is 0 Å². The number of benzene rings is 2. The van der Waals surface area contributed by atoms with Crippen LogP contribution < -0.4 is 0 Å². The lowest BCUT2D eigenvalue weighted by atomic mass is 9.88. The Balaban J connectivity index is 1.63. The second-order valence-corrected chi connectivity index (χ2v) is 9.28. The first kappa shape index (κ1) is 20.8. The number of fused-ring (bicyclic) bond motifs is 1. The predicted molar refractivity (Wildman–Crippen MR) is 122 cm³/mol. The van der Waals surface area contributed by atoms with Gasteiger partial charge in [0, 0.05) is 11.6 Å². The number of hydrogen-bond donors (Lipinski definition) is 2. The van der Waals surface area contributed by atoms with Crippen LogP contribution in [0.25, 0.3) is 5.76 Å². The van der Waals surface area contributed by atoms with Crippen LogP contribution in [0.4, 0.5) is 0 Å². The molecule has 1 unspecified atom stereocenters. The number of likely N-dealkylation sites (tertiary alicyclic amines) is 1. The summed E-state index contributed by atoms with van der Waals surface area (Å²) in [7, 11) is 0. The number of ketones is 1.